The fourth-order valence-corrected chi connectivity index (χ4v) is 6.10. The van der Waals surface area contributed by atoms with Gasteiger partial charge in [0, 0.05) is 22.0 Å². The van der Waals surface area contributed by atoms with Crippen LogP contribution in [-0.4, -0.2) is 22.2 Å². The van der Waals surface area contributed by atoms with E-state index in [1.54, 1.807) is 11.8 Å². The zero-order chi connectivity index (χ0) is 18.9. The standard InChI is InChI=1S/C21H18N2O2S2/c1-25-20(24)21(10-2-3-11-21)26-17-9-8-16-13-23-27-19(16)18(17)15-6-4-14(12-22)5-7-15/h4-9,13H,2-3,10-11H2,1H3. The molecular weight excluding hydrogens is 376 g/mol. The van der Waals surface area contributed by atoms with Crippen molar-refractivity contribution in [1.29, 1.82) is 5.26 Å². The Kier molecular flexibility index (Phi) is 4.90. The minimum atomic E-state index is -0.519. The minimum absolute atomic E-state index is 0.139. The van der Waals surface area contributed by atoms with Gasteiger partial charge < -0.3 is 4.74 Å². The fraction of sp³-hybridized carbons (Fsp3) is 0.286. The predicted molar refractivity (Wildman–Crippen MR) is 109 cm³/mol. The van der Waals surface area contributed by atoms with Gasteiger partial charge in [-0.25, -0.2) is 0 Å². The molecule has 1 fully saturated rings. The first-order valence-corrected chi connectivity index (χ1v) is 10.4. The summed E-state index contributed by atoms with van der Waals surface area (Å²) in [5.41, 5.74) is 2.75. The molecule has 1 saturated carbocycles. The molecule has 2 aromatic carbocycles. The van der Waals surface area contributed by atoms with E-state index in [9.17, 15) is 4.79 Å². The molecular formula is C21H18N2O2S2. The second-order valence-corrected chi connectivity index (χ2v) is 8.89. The van der Waals surface area contributed by atoms with Gasteiger partial charge in [0.05, 0.1) is 23.4 Å². The second kappa shape index (κ2) is 7.34. The number of nitrogens with zero attached hydrogens (tertiary/aromatic N) is 2. The van der Waals surface area contributed by atoms with Gasteiger partial charge in [-0.2, -0.15) is 9.64 Å². The van der Waals surface area contributed by atoms with Crippen molar-refractivity contribution >= 4 is 39.3 Å². The average molecular weight is 395 g/mol. The van der Waals surface area contributed by atoms with Crippen LogP contribution in [0.2, 0.25) is 0 Å². The van der Waals surface area contributed by atoms with Crippen molar-refractivity contribution in [1.82, 2.24) is 4.37 Å². The van der Waals surface area contributed by atoms with E-state index < -0.39 is 4.75 Å². The molecule has 27 heavy (non-hydrogen) atoms. The SMILES string of the molecule is COC(=O)C1(Sc2ccc3cnsc3c2-c2ccc(C#N)cc2)CCCC1. The molecule has 1 heterocycles. The van der Waals surface area contributed by atoms with Crippen molar-refractivity contribution in [2.45, 2.75) is 35.3 Å². The van der Waals surface area contributed by atoms with Gasteiger partial charge in [0.25, 0.3) is 0 Å². The summed E-state index contributed by atoms with van der Waals surface area (Å²) in [6.07, 6.45) is 5.61. The van der Waals surface area contributed by atoms with Crippen molar-refractivity contribution in [3.05, 3.63) is 48.2 Å². The molecule has 0 amide bonds. The van der Waals surface area contributed by atoms with Crippen LogP contribution in [0.15, 0.2) is 47.5 Å². The van der Waals surface area contributed by atoms with Crippen LogP contribution < -0.4 is 0 Å². The predicted octanol–water partition coefficient (Wildman–Crippen LogP) is 5.41. The second-order valence-electron chi connectivity index (χ2n) is 6.67. The summed E-state index contributed by atoms with van der Waals surface area (Å²) >= 11 is 3.08. The number of fused-ring (bicyclic) bond motifs is 1. The summed E-state index contributed by atoms with van der Waals surface area (Å²) in [4.78, 5) is 13.7. The summed E-state index contributed by atoms with van der Waals surface area (Å²) < 4.78 is 10.1. The highest BCUT2D eigenvalue weighted by molar-refractivity contribution is 8.01. The Balaban J connectivity index is 1.85. The number of carbonyl (C=O) groups excluding carboxylic acids is 1. The molecule has 0 unspecified atom stereocenters. The molecule has 0 spiro atoms. The Labute approximate surface area is 166 Å². The normalized spacial score (nSPS) is 15.6. The van der Waals surface area contributed by atoms with Crippen LogP contribution in [0.25, 0.3) is 21.2 Å². The first kappa shape index (κ1) is 18.0. The average Bonchev–Trinajstić information content (AvgIpc) is 3.37. The van der Waals surface area contributed by atoms with Gasteiger partial charge in [-0.1, -0.05) is 31.0 Å². The molecule has 0 N–H and O–H groups in total. The van der Waals surface area contributed by atoms with E-state index in [1.165, 1.54) is 18.6 Å². The number of methoxy groups -OCH3 is 1. The Morgan fingerprint density at radius 3 is 2.63 bits per heavy atom. The summed E-state index contributed by atoms with van der Waals surface area (Å²) in [5.74, 6) is -0.139. The Morgan fingerprint density at radius 1 is 1.22 bits per heavy atom. The van der Waals surface area contributed by atoms with Gasteiger partial charge in [0.1, 0.15) is 4.75 Å². The van der Waals surface area contributed by atoms with E-state index in [2.05, 4.69) is 22.6 Å². The van der Waals surface area contributed by atoms with Crippen molar-refractivity contribution in [3.63, 3.8) is 0 Å². The lowest BCUT2D eigenvalue weighted by Crippen LogP contribution is -2.33. The van der Waals surface area contributed by atoms with Crippen LogP contribution in [0.4, 0.5) is 0 Å². The maximum atomic E-state index is 12.6. The van der Waals surface area contributed by atoms with E-state index in [0.717, 1.165) is 51.8 Å². The molecule has 0 atom stereocenters. The lowest BCUT2D eigenvalue weighted by atomic mass is 10.0. The molecule has 4 nitrogen and oxygen atoms in total. The van der Waals surface area contributed by atoms with Gasteiger partial charge in [-0.15, -0.1) is 11.8 Å². The molecule has 1 aromatic heterocycles. The van der Waals surface area contributed by atoms with Crippen LogP contribution in [0.5, 0.6) is 0 Å². The van der Waals surface area contributed by atoms with Gasteiger partial charge in [-0.05, 0) is 48.1 Å². The van der Waals surface area contributed by atoms with E-state index in [0.29, 0.717) is 5.56 Å². The molecule has 0 radical (unpaired) electrons. The van der Waals surface area contributed by atoms with E-state index >= 15 is 0 Å². The highest BCUT2D eigenvalue weighted by Gasteiger charge is 2.44. The largest absolute Gasteiger partial charge is 0.468 e. The van der Waals surface area contributed by atoms with Gasteiger partial charge in [0.15, 0.2) is 0 Å². The third-order valence-electron chi connectivity index (χ3n) is 5.06. The van der Waals surface area contributed by atoms with Crippen molar-refractivity contribution in [3.8, 4) is 17.2 Å². The summed E-state index contributed by atoms with van der Waals surface area (Å²) in [6, 6.07) is 13.9. The number of ether oxygens (including phenoxy) is 1. The number of benzene rings is 2. The third kappa shape index (κ3) is 3.22. The number of aromatic nitrogens is 1. The minimum Gasteiger partial charge on any atom is -0.468 e. The molecule has 4 rings (SSSR count). The topological polar surface area (TPSA) is 63.0 Å². The van der Waals surface area contributed by atoms with Crippen LogP contribution >= 0.6 is 23.3 Å². The van der Waals surface area contributed by atoms with Gasteiger partial charge in [0.2, 0.25) is 0 Å². The lowest BCUT2D eigenvalue weighted by Gasteiger charge is -2.26. The van der Waals surface area contributed by atoms with Gasteiger partial charge in [-0.3, -0.25) is 4.79 Å². The quantitative estimate of drug-likeness (QED) is 0.553. The number of hydrogen-bond acceptors (Lipinski definition) is 6. The lowest BCUT2D eigenvalue weighted by molar-refractivity contribution is -0.143. The molecule has 0 bridgehead atoms. The molecule has 0 aliphatic heterocycles. The molecule has 3 aromatic rings. The molecule has 136 valence electrons. The number of rotatable bonds is 4. The smallest absolute Gasteiger partial charge is 0.322 e. The number of esters is 1. The Bertz CT molecular complexity index is 1030. The Hall–Kier alpha value is -2.36. The monoisotopic (exact) mass is 394 g/mol. The van der Waals surface area contributed by atoms with Crippen molar-refractivity contribution < 1.29 is 9.53 Å². The van der Waals surface area contributed by atoms with Crippen LogP contribution in [0.1, 0.15) is 31.2 Å². The highest BCUT2D eigenvalue weighted by atomic mass is 32.2. The maximum Gasteiger partial charge on any atom is 0.322 e. The summed E-state index contributed by atoms with van der Waals surface area (Å²) in [7, 11) is 1.47. The number of nitriles is 1. The molecule has 1 aliphatic rings. The maximum absolute atomic E-state index is 12.6. The first-order chi connectivity index (χ1) is 13.2. The highest BCUT2D eigenvalue weighted by Crippen LogP contribution is 2.50. The molecule has 6 heteroatoms. The van der Waals surface area contributed by atoms with E-state index in [-0.39, 0.29) is 5.97 Å². The van der Waals surface area contributed by atoms with Crippen LogP contribution in [0.3, 0.4) is 0 Å². The van der Waals surface area contributed by atoms with Crippen LogP contribution in [-0.2, 0) is 9.53 Å². The van der Waals surface area contributed by atoms with Gasteiger partial charge >= 0.3 is 5.97 Å². The molecule has 0 saturated heterocycles. The summed E-state index contributed by atoms with van der Waals surface area (Å²) in [6.45, 7) is 0. The zero-order valence-electron chi connectivity index (χ0n) is 14.9. The van der Waals surface area contributed by atoms with Crippen molar-refractivity contribution in [2.24, 2.45) is 0 Å². The Morgan fingerprint density at radius 2 is 1.96 bits per heavy atom. The fourth-order valence-electron chi connectivity index (χ4n) is 3.68. The zero-order valence-corrected chi connectivity index (χ0v) is 16.5. The third-order valence-corrected chi connectivity index (χ3v) is 7.42. The summed E-state index contributed by atoms with van der Waals surface area (Å²) in [5, 5.41) is 10.2. The van der Waals surface area contributed by atoms with Crippen LogP contribution in [0, 0.1) is 11.3 Å². The van der Waals surface area contributed by atoms with E-state index in [4.69, 9.17) is 10.00 Å². The first-order valence-electron chi connectivity index (χ1n) is 8.82. The van der Waals surface area contributed by atoms with E-state index in [1.807, 2.05) is 30.5 Å². The molecule has 1 aliphatic carbocycles. The number of carbonyl (C=O) groups is 1. The number of thioether (sulfide) groups is 1. The van der Waals surface area contributed by atoms with Crippen molar-refractivity contribution in [2.75, 3.05) is 7.11 Å². The number of hydrogen-bond donors (Lipinski definition) is 0.